The number of aryl methyl sites for hydroxylation is 1. The van der Waals surface area contributed by atoms with Crippen molar-refractivity contribution in [3.63, 3.8) is 0 Å². The third-order valence-corrected chi connectivity index (χ3v) is 4.41. The normalized spacial score (nSPS) is 14.6. The maximum atomic E-state index is 12.2. The molecule has 6 nitrogen and oxygen atoms in total. The zero-order valence-electron chi connectivity index (χ0n) is 14.8. The first-order valence-corrected chi connectivity index (χ1v) is 8.73. The molecule has 0 spiro atoms. The summed E-state index contributed by atoms with van der Waals surface area (Å²) in [5.41, 5.74) is 1.95. The van der Waals surface area contributed by atoms with Crippen LogP contribution in [0.5, 0.6) is 5.75 Å². The zero-order chi connectivity index (χ0) is 17.6. The maximum Gasteiger partial charge on any atom is 0.251 e. The van der Waals surface area contributed by atoms with E-state index in [2.05, 4.69) is 10.4 Å². The monoisotopic (exact) mass is 343 g/mol. The van der Waals surface area contributed by atoms with Crippen molar-refractivity contribution in [3.05, 3.63) is 41.6 Å². The van der Waals surface area contributed by atoms with Gasteiger partial charge >= 0.3 is 0 Å². The Morgan fingerprint density at radius 3 is 2.68 bits per heavy atom. The predicted octanol–water partition coefficient (Wildman–Crippen LogP) is 3.15. The van der Waals surface area contributed by atoms with Crippen LogP contribution in [-0.2, 0) is 16.1 Å². The Bertz CT molecular complexity index is 703. The Labute approximate surface area is 148 Å². The summed E-state index contributed by atoms with van der Waals surface area (Å²) >= 11 is 0. The molecule has 1 aromatic carbocycles. The van der Waals surface area contributed by atoms with Gasteiger partial charge in [0.25, 0.3) is 5.91 Å². The maximum absolute atomic E-state index is 12.2. The molecule has 1 heterocycles. The third-order valence-electron chi connectivity index (χ3n) is 4.41. The molecule has 25 heavy (non-hydrogen) atoms. The van der Waals surface area contributed by atoms with E-state index in [-0.39, 0.29) is 18.6 Å². The molecule has 0 aliphatic heterocycles. The average Bonchev–Trinajstić information content (AvgIpc) is 3.24. The van der Waals surface area contributed by atoms with E-state index in [1.54, 1.807) is 11.8 Å². The molecule has 0 radical (unpaired) electrons. The van der Waals surface area contributed by atoms with Crippen LogP contribution in [0.25, 0.3) is 0 Å². The number of carbonyl (C=O) groups is 1. The zero-order valence-corrected chi connectivity index (χ0v) is 14.8. The summed E-state index contributed by atoms with van der Waals surface area (Å²) in [5, 5.41) is 7.38. The van der Waals surface area contributed by atoms with Crippen molar-refractivity contribution < 1.29 is 14.3 Å². The Kier molecular flexibility index (Phi) is 5.71. The van der Waals surface area contributed by atoms with Gasteiger partial charge in [-0.05, 0) is 37.5 Å². The lowest BCUT2D eigenvalue weighted by Crippen LogP contribution is -2.23. The van der Waals surface area contributed by atoms with Gasteiger partial charge in [-0.1, -0.05) is 25.0 Å². The van der Waals surface area contributed by atoms with Crippen LogP contribution in [0, 0.1) is 6.92 Å². The first-order chi connectivity index (χ1) is 12.1. The fraction of sp³-hybridized carbons (Fsp3) is 0.474. The molecule has 0 saturated heterocycles. The second-order valence-corrected chi connectivity index (χ2v) is 6.44. The number of rotatable bonds is 7. The van der Waals surface area contributed by atoms with Crippen LogP contribution >= 0.6 is 0 Å². The third kappa shape index (κ3) is 4.82. The molecule has 0 atom stereocenters. The summed E-state index contributed by atoms with van der Waals surface area (Å²) in [6, 6.07) is 9.69. The largest absolute Gasteiger partial charge is 0.497 e. The highest BCUT2D eigenvalue weighted by Crippen LogP contribution is 2.21. The Balaban J connectivity index is 1.60. The van der Waals surface area contributed by atoms with Gasteiger partial charge in [-0.25, -0.2) is 4.68 Å². The number of nitrogens with zero attached hydrogens (tertiary/aromatic N) is 2. The van der Waals surface area contributed by atoms with Gasteiger partial charge in [-0.15, -0.1) is 0 Å². The summed E-state index contributed by atoms with van der Waals surface area (Å²) < 4.78 is 12.6. The fourth-order valence-electron chi connectivity index (χ4n) is 3.10. The minimum Gasteiger partial charge on any atom is -0.497 e. The van der Waals surface area contributed by atoms with Crippen LogP contribution in [0.1, 0.15) is 36.9 Å². The van der Waals surface area contributed by atoms with E-state index >= 15 is 0 Å². The van der Waals surface area contributed by atoms with Crippen LogP contribution in [-0.4, -0.2) is 35.5 Å². The molecule has 1 amide bonds. The van der Waals surface area contributed by atoms with Crippen molar-refractivity contribution in [2.24, 2.45) is 0 Å². The van der Waals surface area contributed by atoms with E-state index in [1.165, 1.54) is 12.8 Å². The minimum atomic E-state index is -0.136. The van der Waals surface area contributed by atoms with Crippen molar-refractivity contribution in [1.29, 1.82) is 0 Å². The number of amides is 1. The number of anilines is 1. The van der Waals surface area contributed by atoms with Gasteiger partial charge in [0.2, 0.25) is 0 Å². The van der Waals surface area contributed by atoms with Crippen molar-refractivity contribution >= 4 is 11.7 Å². The van der Waals surface area contributed by atoms with E-state index in [0.29, 0.717) is 12.4 Å². The number of methoxy groups -OCH3 is 1. The molecule has 1 fully saturated rings. The van der Waals surface area contributed by atoms with Crippen molar-refractivity contribution in [2.45, 2.75) is 45.3 Å². The summed E-state index contributed by atoms with van der Waals surface area (Å²) in [6.07, 6.45) is 4.74. The topological polar surface area (TPSA) is 65.4 Å². The number of ether oxygens (including phenoxy) is 2. The summed E-state index contributed by atoms with van der Waals surface area (Å²) in [5.74, 6) is 1.37. The second-order valence-electron chi connectivity index (χ2n) is 6.44. The van der Waals surface area contributed by atoms with Crippen molar-refractivity contribution in [1.82, 2.24) is 9.78 Å². The second kappa shape index (κ2) is 8.16. The van der Waals surface area contributed by atoms with Crippen molar-refractivity contribution in [2.75, 3.05) is 19.0 Å². The summed E-state index contributed by atoms with van der Waals surface area (Å²) in [4.78, 5) is 12.2. The van der Waals surface area contributed by atoms with Crippen LogP contribution in [0.2, 0.25) is 0 Å². The van der Waals surface area contributed by atoms with Crippen LogP contribution in [0.3, 0.4) is 0 Å². The molecule has 6 heteroatoms. The highest BCUT2D eigenvalue weighted by Gasteiger charge is 2.17. The average molecular weight is 343 g/mol. The Morgan fingerprint density at radius 1 is 1.28 bits per heavy atom. The van der Waals surface area contributed by atoms with Crippen molar-refractivity contribution in [3.8, 4) is 5.75 Å². The first-order valence-electron chi connectivity index (χ1n) is 8.73. The summed E-state index contributed by atoms with van der Waals surface area (Å²) in [7, 11) is 1.65. The Morgan fingerprint density at radius 2 is 2.00 bits per heavy atom. The fourth-order valence-corrected chi connectivity index (χ4v) is 3.10. The smallest absolute Gasteiger partial charge is 0.251 e. The molecular weight excluding hydrogens is 318 g/mol. The molecule has 3 rings (SSSR count). The lowest BCUT2D eigenvalue weighted by Gasteiger charge is -2.12. The number of aromatic nitrogens is 2. The molecular formula is C19H25N3O3. The molecule has 1 saturated carbocycles. The lowest BCUT2D eigenvalue weighted by atomic mass is 10.2. The van der Waals surface area contributed by atoms with E-state index in [9.17, 15) is 4.79 Å². The molecule has 1 aliphatic rings. The number of carbonyl (C=O) groups excluding carboxylic acids is 1. The van der Waals surface area contributed by atoms with Gasteiger partial charge < -0.3 is 14.8 Å². The molecule has 1 aromatic heterocycles. The van der Waals surface area contributed by atoms with Crippen LogP contribution < -0.4 is 10.1 Å². The lowest BCUT2D eigenvalue weighted by molar-refractivity contribution is -0.122. The van der Waals surface area contributed by atoms with Gasteiger partial charge in [0.15, 0.2) is 0 Å². The predicted molar refractivity (Wildman–Crippen MR) is 95.9 cm³/mol. The molecule has 0 bridgehead atoms. The van der Waals surface area contributed by atoms with Gasteiger partial charge in [-0.3, -0.25) is 4.79 Å². The van der Waals surface area contributed by atoms with E-state index < -0.39 is 0 Å². The van der Waals surface area contributed by atoms with E-state index in [0.717, 1.165) is 29.8 Å². The standard InChI is InChI=1S/C19H25N3O3/c1-14-11-18(20-19(23)13-25-17-5-3-4-6-17)22(21-14)12-15-7-9-16(24-2)10-8-15/h7-11,17H,3-6,12-13H2,1-2H3,(H,20,23). The van der Waals surface area contributed by atoms with Gasteiger partial charge in [0.05, 0.1) is 25.5 Å². The van der Waals surface area contributed by atoms with Crippen LogP contribution in [0.15, 0.2) is 30.3 Å². The SMILES string of the molecule is COc1ccc(Cn2nc(C)cc2NC(=O)COC2CCCC2)cc1. The highest BCUT2D eigenvalue weighted by molar-refractivity contribution is 5.90. The van der Waals surface area contributed by atoms with E-state index in [4.69, 9.17) is 9.47 Å². The number of hydrogen-bond acceptors (Lipinski definition) is 4. The number of nitrogens with one attached hydrogen (secondary N) is 1. The van der Waals surface area contributed by atoms with Gasteiger partial charge in [-0.2, -0.15) is 5.10 Å². The molecule has 1 N–H and O–H groups in total. The quantitative estimate of drug-likeness (QED) is 0.839. The van der Waals surface area contributed by atoms with Gasteiger partial charge in [0, 0.05) is 6.07 Å². The molecule has 1 aliphatic carbocycles. The highest BCUT2D eigenvalue weighted by atomic mass is 16.5. The van der Waals surface area contributed by atoms with E-state index in [1.807, 2.05) is 37.3 Å². The first kappa shape index (κ1) is 17.5. The number of hydrogen-bond donors (Lipinski definition) is 1. The molecule has 0 unspecified atom stereocenters. The summed E-state index contributed by atoms with van der Waals surface area (Å²) in [6.45, 7) is 2.59. The van der Waals surface area contributed by atoms with Crippen LogP contribution in [0.4, 0.5) is 5.82 Å². The molecule has 134 valence electrons. The van der Waals surface area contributed by atoms with Gasteiger partial charge in [0.1, 0.15) is 18.2 Å². The Hall–Kier alpha value is -2.34. The molecule has 2 aromatic rings. The minimum absolute atomic E-state index is 0.0947. The number of benzene rings is 1.